The summed E-state index contributed by atoms with van der Waals surface area (Å²) < 4.78 is 26.0. The van der Waals surface area contributed by atoms with Crippen LogP contribution in [0.15, 0.2) is 0 Å². The Balaban J connectivity index is 3.47. The summed E-state index contributed by atoms with van der Waals surface area (Å²) in [6.45, 7) is 5.42. The average molecular weight is 439 g/mol. The predicted molar refractivity (Wildman–Crippen MR) is 119 cm³/mol. The van der Waals surface area contributed by atoms with Gasteiger partial charge in [-0.1, -0.05) is 97.3 Å². The quantitative estimate of drug-likeness (QED) is 0.142. The molecule has 0 heterocycles. The van der Waals surface area contributed by atoms with Crippen molar-refractivity contribution in [3.05, 3.63) is 0 Å². The fourth-order valence-electron chi connectivity index (χ4n) is 3.44. The van der Waals surface area contributed by atoms with Crippen LogP contribution in [0.25, 0.3) is 0 Å². The van der Waals surface area contributed by atoms with E-state index in [-0.39, 0.29) is 19.3 Å². The molecule has 176 valence electrons. The first-order valence-electron chi connectivity index (χ1n) is 11.9. The number of unbranched alkanes of at least 4 members (excludes halogenated alkanes) is 11. The van der Waals surface area contributed by atoms with Crippen LogP contribution in [0.1, 0.15) is 110 Å². The maximum absolute atomic E-state index is 10.5. The van der Waals surface area contributed by atoms with Gasteiger partial charge >= 0.3 is 7.82 Å². The Morgan fingerprint density at radius 2 is 1.17 bits per heavy atom. The maximum Gasteiger partial charge on any atom is 0.469 e. The van der Waals surface area contributed by atoms with Gasteiger partial charge in [0.25, 0.3) is 0 Å². The summed E-state index contributed by atoms with van der Waals surface area (Å²) >= 11 is 0. The predicted octanol–water partition coefficient (Wildman–Crippen LogP) is 6.39. The van der Waals surface area contributed by atoms with Gasteiger partial charge in [-0.2, -0.15) is 0 Å². The fraction of sp³-hybridized carbons (Fsp3) is 1.00. The van der Waals surface area contributed by atoms with E-state index in [2.05, 4.69) is 18.4 Å². The van der Waals surface area contributed by atoms with Crippen LogP contribution in [-0.4, -0.2) is 42.3 Å². The van der Waals surface area contributed by atoms with Crippen LogP contribution in [-0.2, 0) is 18.6 Å². The molecular weight excluding hydrogens is 391 g/mol. The fourth-order valence-corrected chi connectivity index (χ4v) is 3.75. The number of phosphoric acid groups is 1. The van der Waals surface area contributed by atoms with Gasteiger partial charge in [-0.15, -0.1) is 0 Å². The smallest absolute Gasteiger partial charge is 0.377 e. The zero-order valence-corrected chi connectivity index (χ0v) is 19.9. The third kappa shape index (κ3) is 24.2. The van der Waals surface area contributed by atoms with Crippen LogP contribution < -0.4 is 0 Å². The molecule has 0 aliphatic rings. The van der Waals surface area contributed by atoms with E-state index < -0.39 is 7.82 Å². The lowest BCUT2D eigenvalue weighted by molar-refractivity contribution is -0.00937. The van der Waals surface area contributed by atoms with Gasteiger partial charge in [-0.3, -0.25) is 4.52 Å². The van der Waals surface area contributed by atoms with E-state index in [0.717, 1.165) is 19.3 Å². The number of phosphoric ester groups is 1. The van der Waals surface area contributed by atoms with Crippen molar-refractivity contribution < 1.29 is 28.3 Å². The van der Waals surface area contributed by atoms with E-state index in [4.69, 9.17) is 19.3 Å². The molecule has 0 amide bonds. The SMILES string of the molecule is CCCCCCCCCCCCCCC(CCC)OCCOCCOP(=O)(O)O. The van der Waals surface area contributed by atoms with Crippen molar-refractivity contribution in [2.24, 2.45) is 0 Å². The van der Waals surface area contributed by atoms with Crippen LogP contribution in [0.3, 0.4) is 0 Å². The minimum atomic E-state index is -4.39. The van der Waals surface area contributed by atoms with Gasteiger partial charge < -0.3 is 19.3 Å². The van der Waals surface area contributed by atoms with Crippen molar-refractivity contribution >= 4 is 7.82 Å². The van der Waals surface area contributed by atoms with E-state index in [9.17, 15) is 4.57 Å². The second-order valence-corrected chi connectivity index (χ2v) is 9.13. The van der Waals surface area contributed by atoms with Gasteiger partial charge in [0.15, 0.2) is 0 Å². The number of hydrogen-bond donors (Lipinski definition) is 2. The molecule has 0 fully saturated rings. The zero-order chi connectivity index (χ0) is 21.6. The number of rotatable bonds is 23. The van der Waals surface area contributed by atoms with Gasteiger partial charge in [0.2, 0.25) is 0 Å². The molecule has 0 spiro atoms. The van der Waals surface area contributed by atoms with E-state index in [0.29, 0.717) is 13.2 Å². The molecule has 7 heteroatoms. The first-order valence-corrected chi connectivity index (χ1v) is 13.4. The van der Waals surface area contributed by atoms with E-state index in [1.165, 1.54) is 77.0 Å². The van der Waals surface area contributed by atoms with Crippen LogP contribution in [0.2, 0.25) is 0 Å². The third-order valence-corrected chi connectivity index (χ3v) is 5.58. The molecule has 0 radical (unpaired) electrons. The van der Waals surface area contributed by atoms with Crippen molar-refractivity contribution in [3.8, 4) is 0 Å². The molecule has 1 unspecified atom stereocenters. The minimum Gasteiger partial charge on any atom is -0.377 e. The molecule has 2 N–H and O–H groups in total. The van der Waals surface area contributed by atoms with E-state index in [1.54, 1.807) is 0 Å². The molecule has 0 aliphatic heterocycles. The third-order valence-electron chi connectivity index (χ3n) is 5.06. The van der Waals surface area contributed by atoms with Crippen molar-refractivity contribution in [3.63, 3.8) is 0 Å². The minimum absolute atomic E-state index is 0.110. The van der Waals surface area contributed by atoms with Gasteiger partial charge in [0.05, 0.1) is 32.5 Å². The van der Waals surface area contributed by atoms with Crippen LogP contribution in [0, 0.1) is 0 Å². The second kappa shape index (κ2) is 21.3. The Morgan fingerprint density at radius 3 is 1.69 bits per heavy atom. The Morgan fingerprint density at radius 1 is 0.655 bits per heavy atom. The largest absolute Gasteiger partial charge is 0.469 e. The summed E-state index contributed by atoms with van der Waals surface area (Å²) in [6.07, 6.45) is 19.9. The first kappa shape index (κ1) is 29.0. The van der Waals surface area contributed by atoms with Crippen molar-refractivity contribution in [2.45, 2.75) is 116 Å². The molecule has 0 saturated heterocycles. The summed E-state index contributed by atoms with van der Waals surface area (Å²) in [6, 6.07) is 0. The Labute approximate surface area is 179 Å². The molecule has 29 heavy (non-hydrogen) atoms. The molecule has 0 aromatic rings. The molecule has 0 bridgehead atoms. The molecule has 0 aromatic carbocycles. The molecule has 1 atom stereocenters. The van der Waals surface area contributed by atoms with Crippen LogP contribution >= 0.6 is 7.82 Å². The molecular formula is C22H47O6P. The summed E-state index contributed by atoms with van der Waals surface area (Å²) in [5, 5.41) is 0. The highest BCUT2D eigenvalue weighted by Gasteiger charge is 2.12. The van der Waals surface area contributed by atoms with Crippen LogP contribution in [0.4, 0.5) is 0 Å². The highest BCUT2D eigenvalue weighted by atomic mass is 31.2. The monoisotopic (exact) mass is 438 g/mol. The average Bonchev–Trinajstić information content (AvgIpc) is 2.67. The van der Waals surface area contributed by atoms with Crippen LogP contribution in [0.5, 0.6) is 0 Å². The normalized spacial score (nSPS) is 13.1. The van der Waals surface area contributed by atoms with Gasteiger partial charge in [-0.25, -0.2) is 4.57 Å². The topological polar surface area (TPSA) is 85.2 Å². The van der Waals surface area contributed by atoms with Crippen molar-refractivity contribution in [2.75, 3.05) is 26.4 Å². The Bertz CT molecular complexity index is 374. The lowest BCUT2D eigenvalue weighted by Crippen LogP contribution is -2.17. The van der Waals surface area contributed by atoms with Crippen molar-refractivity contribution in [1.29, 1.82) is 0 Å². The second-order valence-electron chi connectivity index (χ2n) is 7.90. The molecule has 0 saturated carbocycles. The van der Waals surface area contributed by atoms with E-state index in [1.807, 2.05) is 0 Å². The van der Waals surface area contributed by atoms with Gasteiger partial charge in [-0.05, 0) is 12.8 Å². The van der Waals surface area contributed by atoms with E-state index >= 15 is 0 Å². The molecule has 0 aromatic heterocycles. The highest BCUT2D eigenvalue weighted by molar-refractivity contribution is 7.46. The number of ether oxygens (including phenoxy) is 2. The summed E-state index contributed by atoms with van der Waals surface area (Å²) in [7, 11) is -4.39. The summed E-state index contributed by atoms with van der Waals surface area (Å²) in [5.74, 6) is 0. The zero-order valence-electron chi connectivity index (χ0n) is 19.0. The lowest BCUT2D eigenvalue weighted by atomic mass is 10.0. The number of hydrogen-bond acceptors (Lipinski definition) is 4. The maximum atomic E-state index is 10.5. The van der Waals surface area contributed by atoms with Gasteiger partial charge in [0, 0.05) is 0 Å². The standard InChI is InChI=1S/C22H47O6P/c1-3-5-6-7-8-9-10-11-12-13-14-15-17-22(16-4-2)27-20-18-26-19-21-28-29(23,24)25/h22H,3-21H2,1-2H3,(H2,23,24,25). The summed E-state index contributed by atoms with van der Waals surface area (Å²) in [5.41, 5.74) is 0. The molecule has 6 nitrogen and oxygen atoms in total. The highest BCUT2D eigenvalue weighted by Crippen LogP contribution is 2.35. The molecule has 0 aliphatic carbocycles. The van der Waals surface area contributed by atoms with Crippen molar-refractivity contribution in [1.82, 2.24) is 0 Å². The summed E-state index contributed by atoms with van der Waals surface area (Å²) in [4.78, 5) is 17.1. The molecule has 0 rings (SSSR count). The first-order chi connectivity index (χ1) is 14.0. The Hall–Kier alpha value is 0.0300. The van der Waals surface area contributed by atoms with Gasteiger partial charge in [0.1, 0.15) is 0 Å². The Kier molecular flexibility index (Phi) is 21.3. The lowest BCUT2D eigenvalue weighted by Gasteiger charge is -2.17.